The van der Waals surface area contributed by atoms with Gasteiger partial charge in [0.15, 0.2) is 0 Å². The second-order valence-corrected chi connectivity index (χ2v) is 7.66. The lowest BCUT2D eigenvalue weighted by atomic mass is 10.2. The number of rotatable bonds is 5. The van der Waals surface area contributed by atoms with Crippen LogP contribution in [-0.2, 0) is 10.0 Å². The fourth-order valence-corrected chi connectivity index (χ4v) is 3.60. The molecule has 0 radical (unpaired) electrons. The minimum Gasteiger partial charge on any atom is -0.322 e. The Bertz CT molecular complexity index is 1070. The number of anilines is 2. The fourth-order valence-electron chi connectivity index (χ4n) is 2.28. The standard InChI is InChI=1S/C19H14ClFN2O3S/c20-17-11-6-13(19(24)22-15-9-7-14(21)8-10-15)12-18(17)23-27(25,26)16-4-2-1-3-5-16/h1-12,23H,(H,22,24). The first-order chi connectivity index (χ1) is 12.8. The van der Waals surface area contributed by atoms with Gasteiger partial charge in [0.05, 0.1) is 15.6 Å². The summed E-state index contributed by atoms with van der Waals surface area (Å²) in [4.78, 5) is 12.4. The minimum atomic E-state index is -3.85. The van der Waals surface area contributed by atoms with Crippen LogP contribution in [0.3, 0.4) is 0 Å². The van der Waals surface area contributed by atoms with E-state index in [-0.39, 0.29) is 21.2 Å². The van der Waals surface area contributed by atoms with E-state index in [0.717, 1.165) is 0 Å². The Morgan fingerprint density at radius 2 is 1.59 bits per heavy atom. The predicted octanol–water partition coefficient (Wildman–Crippen LogP) is 4.53. The van der Waals surface area contributed by atoms with Gasteiger partial charge in [-0.2, -0.15) is 0 Å². The van der Waals surface area contributed by atoms with Crippen molar-refractivity contribution in [3.05, 3.63) is 89.2 Å². The highest BCUT2D eigenvalue weighted by Crippen LogP contribution is 2.26. The summed E-state index contributed by atoms with van der Waals surface area (Å²) >= 11 is 6.07. The molecule has 1 amide bonds. The van der Waals surface area contributed by atoms with E-state index in [1.807, 2.05) is 0 Å². The van der Waals surface area contributed by atoms with Crippen LogP contribution in [0.1, 0.15) is 10.4 Å². The van der Waals surface area contributed by atoms with Gasteiger partial charge >= 0.3 is 0 Å². The van der Waals surface area contributed by atoms with Crippen LogP contribution in [-0.4, -0.2) is 14.3 Å². The van der Waals surface area contributed by atoms with E-state index < -0.39 is 21.7 Å². The quantitative estimate of drug-likeness (QED) is 0.655. The largest absolute Gasteiger partial charge is 0.322 e. The molecule has 27 heavy (non-hydrogen) atoms. The topological polar surface area (TPSA) is 75.3 Å². The number of nitrogens with one attached hydrogen (secondary N) is 2. The Morgan fingerprint density at radius 3 is 2.26 bits per heavy atom. The van der Waals surface area contributed by atoms with Crippen molar-refractivity contribution in [2.45, 2.75) is 4.90 Å². The molecule has 3 aromatic carbocycles. The molecule has 0 heterocycles. The third-order valence-corrected chi connectivity index (χ3v) is 5.34. The molecule has 0 spiro atoms. The molecule has 0 saturated heterocycles. The van der Waals surface area contributed by atoms with Crippen LogP contribution in [0.4, 0.5) is 15.8 Å². The van der Waals surface area contributed by atoms with E-state index in [0.29, 0.717) is 5.69 Å². The van der Waals surface area contributed by atoms with Crippen LogP contribution in [0.25, 0.3) is 0 Å². The SMILES string of the molecule is O=C(Nc1ccc(F)cc1)c1ccc(Cl)c(NS(=O)(=O)c2ccccc2)c1. The van der Waals surface area contributed by atoms with Gasteiger partial charge in [-0.15, -0.1) is 0 Å². The van der Waals surface area contributed by atoms with Crippen LogP contribution < -0.4 is 10.0 Å². The van der Waals surface area contributed by atoms with Gasteiger partial charge in [0, 0.05) is 11.3 Å². The summed E-state index contributed by atoms with van der Waals surface area (Å²) in [5.41, 5.74) is 0.671. The van der Waals surface area contributed by atoms with E-state index in [2.05, 4.69) is 10.0 Å². The lowest BCUT2D eigenvalue weighted by Crippen LogP contribution is -2.15. The van der Waals surface area contributed by atoms with E-state index in [9.17, 15) is 17.6 Å². The molecule has 138 valence electrons. The predicted molar refractivity (Wildman–Crippen MR) is 103 cm³/mol. The first-order valence-corrected chi connectivity index (χ1v) is 9.65. The average molecular weight is 405 g/mol. The molecular weight excluding hydrogens is 391 g/mol. The van der Waals surface area contributed by atoms with Gasteiger partial charge in [-0.3, -0.25) is 9.52 Å². The zero-order valence-corrected chi connectivity index (χ0v) is 15.4. The molecule has 0 bridgehead atoms. The third-order valence-electron chi connectivity index (χ3n) is 3.63. The summed E-state index contributed by atoms with van der Waals surface area (Å²) < 4.78 is 40.2. The summed E-state index contributed by atoms with van der Waals surface area (Å²) in [7, 11) is -3.85. The maximum absolute atomic E-state index is 12.9. The summed E-state index contributed by atoms with van der Waals surface area (Å²) in [6.07, 6.45) is 0. The van der Waals surface area contributed by atoms with E-state index in [1.165, 1.54) is 54.6 Å². The summed E-state index contributed by atoms with van der Waals surface area (Å²) in [5.74, 6) is -0.907. The molecule has 5 nitrogen and oxygen atoms in total. The highest BCUT2D eigenvalue weighted by Gasteiger charge is 2.17. The molecule has 0 saturated carbocycles. The van der Waals surface area contributed by atoms with Crippen molar-refractivity contribution < 1.29 is 17.6 Å². The van der Waals surface area contributed by atoms with Crippen molar-refractivity contribution in [2.75, 3.05) is 10.0 Å². The molecule has 0 fully saturated rings. The molecule has 3 rings (SSSR count). The smallest absolute Gasteiger partial charge is 0.261 e. The first kappa shape index (κ1) is 18.9. The van der Waals surface area contributed by atoms with E-state index in [4.69, 9.17) is 11.6 Å². The molecule has 0 atom stereocenters. The molecule has 0 unspecified atom stereocenters. The number of halogens is 2. The van der Waals surface area contributed by atoms with Gasteiger partial charge < -0.3 is 5.32 Å². The van der Waals surface area contributed by atoms with Gasteiger partial charge in [0.2, 0.25) is 0 Å². The van der Waals surface area contributed by atoms with Crippen molar-refractivity contribution >= 4 is 38.9 Å². The maximum Gasteiger partial charge on any atom is 0.261 e. The van der Waals surface area contributed by atoms with Crippen molar-refractivity contribution in [3.8, 4) is 0 Å². The van der Waals surface area contributed by atoms with Crippen LogP contribution in [0, 0.1) is 5.82 Å². The van der Waals surface area contributed by atoms with Gasteiger partial charge in [-0.25, -0.2) is 12.8 Å². The first-order valence-electron chi connectivity index (χ1n) is 7.79. The summed E-state index contributed by atoms with van der Waals surface area (Å²) in [6, 6.07) is 17.3. The van der Waals surface area contributed by atoms with Crippen molar-refractivity contribution in [1.29, 1.82) is 0 Å². The number of hydrogen-bond donors (Lipinski definition) is 2. The monoisotopic (exact) mass is 404 g/mol. The average Bonchev–Trinajstić information content (AvgIpc) is 2.66. The summed E-state index contributed by atoms with van der Waals surface area (Å²) in [5, 5.41) is 2.75. The molecule has 0 aliphatic heterocycles. The van der Waals surface area contributed by atoms with Gasteiger partial charge in [0.1, 0.15) is 5.82 Å². The zero-order chi connectivity index (χ0) is 19.4. The molecule has 8 heteroatoms. The normalized spacial score (nSPS) is 11.0. The lowest BCUT2D eigenvalue weighted by molar-refractivity contribution is 0.102. The number of benzene rings is 3. The highest BCUT2D eigenvalue weighted by molar-refractivity contribution is 7.92. The third kappa shape index (κ3) is 4.64. The van der Waals surface area contributed by atoms with Gasteiger partial charge in [-0.05, 0) is 54.6 Å². The molecule has 0 aliphatic rings. The number of carbonyl (C=O) groups excluding carboxylic acids is 1. The number of amides is 1. The molecule has 3 aromatic rings. The highest BCUT2D eigenvalue weighted by atomic mass is 35.5. The van der Waals surface area contributed by atoms with Crippen molar-refractivity contribution in [1.82, 2.24) is 0 Å². The molecule has 0 aliphatic carbocycles. The van der Waals surface area contributed by atoms with Crippen LogP contribution >= 0.6 is 11.6 Å². The van der Waals surface area contributed by atoms with Crippen LogP contribution in [0.5, 0.6) is 0 Å². The maximum atomic E-state index is 12.9. The minimum absolute atomic E-state index is 0.0715. The molecule has 0 aromatic heterocycles. The Labute approximate surface area is 160 Å². The summed E-state index contributed by atoms with van der Waals surface area (Å²) in [6.45, 7) is 0. The molecule has 2 N–H and O–H groups in total. The lowest BCUT2D eigenvalue weighted by Gasteiger charge is -2.12. The van der Waals surface area contributed by atoms with Crippen LogP contribution in [0.15, 0.2) is 77.7 Å². The van der Waals surface area contributed by atoms with Crippen molar-refractivity contribution in [2.24, 2.45) is 0 Å². The zero-order valence-electron chi connectivity index (χ0n) is 13.8. The van der Waals surface area contributed by atoms with Gasteiger partial charge in [-0.1, -0.05) is 29.8 Å². The second-order valence-electron chi connectivity index (χ2n) is 5.57. The van der Waals surface area contributed by atoms with E-state index in [1.54, 1.807) is 18.2 Å². The number of sulfonamides is 1. The second kappa shape index (κ2) is 7.77. The van der Waals surface area contributed by atoms with Gasteiger partial charge in [0.25, 0.3) is 15.9 Å². The van der Waals surface area contributed by atoms with Crippen LogP contribution in [0.2, 0.25) is 5.02 Å². The Kier molecular flexibility index (Phi) is 5.43. The Balaban J connectivity index is 1.84. The van der Waals surface area contributed by atoms with Crippen molar-refractivity contribution in [3.63, 3.8) is 0 Å². The fraction of sp³-hybridized carbons (Fsp3) is 0. The number of hydrogen-bond acceptors (Lipinski definition) is 3. The number of carbonyl (C=O) groups is 1. The Morgan fingerprint density at radius 1 is 0.926 bits per heavy atom. The van der Waals surface area contributed by atoms with E-state index >= 15 is 0 Å². The molecular formula is C19H14ClFN2O3S. The Hall–Kier alpha value is -2.90.